The number of epoxide rings is 1. The number of hydrogen-bond donors (Lipinski definition) is 0. The largest absolute Gasteiger partial charge is 0.381 e. The van der Waals surface area contributed by atoms with Crippen LogP contribution in [0.15, 0.2) is 0 Å². The molecule has 0 aromatic rings. The smallest absolute Gasteiger partial charge is 0.151 e. The van der Waals surface area contributed by atoms with E-state index in [2.05, 4.69) is 18.6 Å². The number of carbonyl (C=O) groups is 1. The minimum absolute atomic E-state index is 0.0463. The summed E-state index contributed by atoms with van der Waals surface area (Å²) in [6, 6.07) is 0. The fourth-order valence-electron chi connectivity index (χ4n) is 1.50. The Kier molecular flexibility index (Phi) is 14.3. The van der Waals surface area contributed by atoms with E-state index in [0.29, 0.717) is 6.61 Å². The molecule has 1 fully saturated rings. The standard InChI is InChI=1S/C12H26O.C3H4O2/c1-3-5-7-9-11-13-12-10-8-6-4-2;4-1-3-2-5-3/h3-12H2,1-2H3;1,3H,2H2. The highest BCUT2D eigenvalue weighted by atomic mass is 16.6. The zero-order chi connectivity index (χ0) is 13.5. The van der Waals surface area contributed by atoms with E-state index >= 15 is 0 Å². The van der Waals surface area contributed by atoms with Crippen molar-refractivity contribution in [2.75, 3.05) is 19.8 Å². The lowest BCUT2D eigenvalue weighted by Crippen LogP contribution is -1.96. The van der Waals surface area contributed by atoms with Gasteiger partial charge in [0, 0.05) is 13.2 Å². The maximum atomic E-state index is 9.44. The van der Waals surface area contributed by atoms with E-state index in [1.165, 1.54) is 51.4 Å². The van der Waals surface area contributed by atoms with Crippen LogP contribution in [0.1, 0.15) is 65.2 Å². The molecule has 1 unspecified atom stereocenters. The van der Waals surface area contributed by atoms with Gasteiger partial charge in [-0.05, 0) is 12.8 Å². The van der Waals surface area contributed by atoms with Crippen LogP contribution in [0.25, 0.3) is 0 Å². The molecule has 18 heavy (non-hydrogen) atoms. The predicted octanol–water partition coefficient (Wildman–Crippen LogP) is 3.75. The Bertz CT molecular complexity index is 157. The lowest BCUT2D eigenvalue weighted by atomic mass is 10.2. The highest BCUT2D eigenvalue weighted by Crippen LogP contribution is 2.02. The molecule has 0 amide bonds. The second kappa shape index (κ2) is 14.7. The van der Waals surface area contributed by atoms with Crippen molar-refractivity contribution < 1.29 is 14.3 Å². The second-order valence-electron chi connectivity index (χ2n) is 4.74. The zero-order valence-electron chi connectivity index (χ0n) is 12.2. The molecular formula is C15H30O3. The van der Waals surface area contributed by atoms with E-state index in [1.807, 2.05) is 0 Å². The van der Waals surface area contributed by atoms with E-state index in [0.717, 1.165) is 19.5 Å². The van der Waals surface area contributed by atoms with Crippen LogP contribution < -0.4 is 0 Å². The average molecular weight is 258 g/mol. The molecule has 3 heteroatoms. The molecule has 0 bridgehead atoms. The third-order valence-corrected chi connectivity index (χ3v) is 2.80. The van der Waals surface area contributed by atoms with Crippen LogP contribution in [-0.2, 0) is 14.3 Å². The number of aldehydes is 1. The van der Waals surface area contributed by atoms with Crippen LogP contribution in [-0.4, -0.2) is 32.2 Å². The lowest BCUT2D eigenvalue weighted by Gasteiger charge is -2.03. The van der Waals surface area contributed by atoms with E-state index in [9.17, 15) is 4.79 Å². The van der Waals surface area contributed by atoms with Gasteiger partial charge in [-0.15, -0.1) is 0 Å². The predicted molar refractivity (Wildman–Crippen MR) is 74.9 cm³/mol. The van der Waals surface area contributed by atoms with Gasteiger partial charge in [0.05, 0.1) is 6.61 Å². The first-order valence-corrected chi connectivity index (χ1v) is 7.49. The molecular weight excluding hydrogens is 228 g/mol. The molecule has 0 aliphatic carbocycles. The molecule has 1 saturated heterocycles. The summed E-state index contributed by atoms with van der Waals surface area (Å²) in [7, 11) is 0. The zero-order valence-corrected chi connectivity index (χ0v) is 12.2. The molecule has 0 aromatic heterocycles. The topological polar surface area (TPSA) is 38.8 Å². The first-order valence-electron chi connectivity index (χ1n) is 7.49. The van der Waals surface area contributed by atoms with Gasteiger partial charge in [-0.1, -0.05) is 52.4 Å². The molecule has 1 aliphatic heterocycles. The number of rotatable bonds is 11. The van der Waals surface area contributed by atoms with Crippen molar-refractivity contribution in [3.63, 3.8) is 0 Å². The highest BCUT2D eigenvalue weighted by Gasteiger charge is 2.19. The van der Waals surface area contributed by atoms with Crippen molar-refractivity contribution in [3.05, 3.63) is 0 Å². The Balaban J connectivity index is 0.000000473. The second-order valence-corrected chi connectivity index (χ2v) is 4.74. The van der Waals surface area contributed by atoms with Gasteiger partial charge in [0.2, 0.25) is 0 Å². The van der Waals surface area contributed by atoms with Crippen molar-refractivity contribution >= 4 is 6.29 Å². The summed E-state index contributed by atoms with van der Waals surface area (Å²) in [4.78, 5) is 9.44. The number of unbranched alkanes of at least 4 members (excludes halogenated alkanes) is 6. The highest BCUT2D eigenvalue weighted by molar-refractivity contribution is 5.58. The van der Waals surface area contributed by atoms with E-state index in [1.54, 1.807) is 0 Å². The van der Waals surface area contributed by atoms with Crippen LogP contribution in [0.3, 0.4) is 0 Å². The molecule has 1 aliphatic rings. The maximum absolute atomic E-state index is 9.44. The Hall–Kier alpha value is -0.410. The van der Waals surface area contributed by atoms with Gasteiger partial charge in [0.1, 0.15) is 6.10 Å². The van der Waals surface area contributed by atoms with Crippen LogP contribution in [0, 0.1) is 0 Å². The molecule has 3 nitrogen and oxygen atoms in total. The third kappa shape index (κ3) is 15.6. The summed E-state index contributed by atoms with van der Waals surface area (Å²) in [5, 5.41) is 0. The average Bonchev–Trinajstić information content (AvgIpc) is 3.21. The van der Waals surface area contributed by atoms with Gasteiger partial charge in [-0.2, -0.15) is 0 Å². The van der Waals surface area contributed by atoms with Crippen molar-refractivity contribution in [1.29, 1.82) is 0 Å². The van der Waals surface area contributed by atoms with Gasteiger partial charge in [-0.25, -0.2) is 0 Å². The normalized spacial score (nSPS) is 16.9. The van der Waals surface area contributed by atoms with Crippen molar-refractivity contribution in [2.45, 2.75) is 71.3 Å². The van der Waals surface area contributed by atoms with Gasteiger partial charge in [0.15, 0.2) is 6.29 Å². The number of carbonyl (C=O) groups excluding carboxylic acids is 1. The molecule has 1 heterocycles. The van der Waals surface area contributed by atoms with Gasteiger partial charge in [0.25, 0.3) is 0 Å². The van der Waals surface area contributed by atoms with Crippen LogP contribution >= 0.6 is 0 Å². The van der Waals surface area contributed by atoms with Crippen molar-refractivity contribution in [2.24, 2.45) is 0 Å². The van der Waals surface area contributed by atoms with Crippen LogP contribution in [0.2, 0.25) is 0 Å². The number of hydrogen-bond acceptors (Lipinski definition) is 3. The summed E-state index contributed by atoms with van der Waals surface area (Å²) in [6.45, 7) is 7.08. The van der Waals surface area contributed by atoms with E-state index in [4.69, 9.17) is 4.74 Å². The first kappa shape index (κ1) is 17.6. The molecule has 0 saturated carbocycles. The first-order chi connectivity index (χ1) is 8.85. The molecule has 1 atom stereocenters. The lowest BCUT2D eigenvalue weighted by molar-refractivity contribution is -0.108. The minimum atomic E-state index is -0.0463. The molecule has 0 aromatic carbocycles. The summed E-state index contributed by atoms with van der Waals surface area (Å²) in [5.74, 6) is 0. The summed E-state index contributed by atoms with van der Waals surface area (Å²) in [5.41, 5.74) is 0. The Morgan fingerprint density at radius 1 is 1.00 bits per heavy atom. The Morgan fingerprint density at radius 2 is 1.50 bits per heavy atom. The van der Waals surface area contributed by atoms with E-state index < -0.39 is 0 Å². The van der Waals surface area contributed by atoms with Crippen molar-refractivity contribution in [1.82, 2.24) is 0 Å². The monoisotopic (exact) mass is 258 g/mol. The fraction of sp³-hybridized carbons (Fsp3) is 0.933. The van der Waals surface area contributed by atoms with E-state index in [-0.39, 0.29) is 6.10 Å². The van der Waals surface area contributed by atoms with Crippen LogP contribution in [0.4, 0.5) is 0 Å². The van der Waals surface area contributed by atoms with Gasteiger partial charge in [-0.3, -0.25) is 0 Å². The fourth-order valence-corrected chi connectivity index (χ4v) is 1.50. The summed E-state index contributed by atoms with van der Waals surface area (Å²) in [6.07, 6.45) is 11.3. The molecule has 0 N–H and O–H groups in total. The number of ether oxygens (including phenoxy) is 2. The Labute approximate surface area is 112 Å². The summed E-state index contributed by atoms with van der Waals surface area (Å²) >= 11 is 0. The molecule has 0 spiro atoms. The summed E-state index contributed by atoms with van der Waals surface area (Å²) < 4.78 is 10.0. The molecule has 0 radical (unpaired) electrons. The van der Waals surface area contributed by atoms with Gasteiger partial charge >= 0.3 is 0 Å². The van der Waals surface area contributed by atoms with Crippen LogP contribution in [0.5, 0.6) is 0 Å². The third-order valence-electron chi connectivity index (χ3n) is 2.80. The molecule has 108 valence electrons. The van der Waals surface area contributed by atoms with Crippen molar-refractivity contribution in [3.8, 4) is 0 Å². The van der Waals surface area contributed by atoms with Gasteiger partial charge < -0.3 is 14.3 Å². The Morgan fingerprint density at radius 3 is 1.78 bits per heavy atom. The maximum Gasteiger partial charge on any atom is 0.151 e. The minimum Gasteiger partial charge on any atom is -0.381 e. The quantitative estimate of drug-likeness (QED) is 0.322. The SMILES string of the molecule is CCCCCCOCCCCCC.O=CC1CO1. The molecule has 1 rings (SSSR count).